The van der Waals surface area contributed by atoms with Crippen LogP contribution in [-0.4, -0.2) is 64.2 Å². The number of allylic oxidation sites excluding steroid dienone is 2. The molecule has 0 aromatic carbocycles. The van der Waals surface area contributed by atoms with Crippen LogP contribution in [0.2, 0.25) is 0 Å². The maximum Gasteiger partial charge on any atom is 0.247 e. The molecule has 0 heterocycles. The number of amides is 2. The van der Waals surface area contributed by atoms with Gasteiger partial charge in [0.2, 0.25) is 11.8 Å². The summed E-state index contributed by atoms with van der Waals surface area (Å²) in [7, 11) is 0. The van der Waals surface area contributed by atoms with Gasteiger partial charge in [0, 0.05) is 12.1 Å². The molecule has 1 aliphatic carbocycles. The summed E-state index contributed by atoms with van der Waals surface area (Å²) in [6.45, 7) is -1.12. The normalized spacial score (nSPS) is 22.5. The SMILES string of the molecule is N.NC(=O)C1(CC(O)CO)C=CC=C(C(=O)NCC(O)CO)C1. The predicted octanol–water partition coefficient (Wildman–Crippen LogP) is -2.28. The number of rotatable bonds is 8. The lowest BCUT2D eigenvalue weighted by Gasteiger charge is -2.31. The third-order valence-electron chi connectivity index (χ3n) is 3.52. The smallest absolute Gasteiger partial charge is 0.247 e. The summed E-state index contributed by atoms with van der Waals surface area (Å²) in [6, 6.07) is 0. The van der Waals surface area contributed by atoms with Gasteiger partial charge in [-0.3, -0.25) is 9.59 Å². The van der Waals surface area contributed by atoms with Crippen molar-refractivity contribution in [1.82, 2.24) is 11.5 Å². The molecule has 23 heavy (non-hydrogen) atoms. The summed E-state index contributed by atoms with van der Waals surface area (Å²) in [5, 5.41) is 38.9. The minimum Gasteiger partial charge on any atom is -0.394 e. The van der Waals surface area contributed by atoms with Gasteiger partial charge in [-0.05, 0) is 12.8 Å². The minimum atomic E-state index is -1.25. The van der Waals surface area contributed by atoms with Gasteiger partial charge < -0.3 is 37.6 Å². The Balaban J connectivity index is 0.00000484. The fraction of sp³-hybridized carbons (Fsp3) is 0.571. The van der Waals surface area contributed by atoms with Crippen LogP contribution in [0.25, 0.3) is 0 Å². The van der Waals surface area contributed by atoms with Gasteiger partial charge in [0.15, 0.2) is 0 Å². The van der Waals surface area contributed by atoms with Crippen molar-refractivity contribution in [2.45, 2.75) is 25.0 Å². The van der Waals surface area contributed by atoms with E-state index in [2.05, 4.69) is 5.32 Å². The molecule has 0 aromatic heterocycles. The molecule has 0 saturated carbocycles. The third kappa shape index (κ3) is 5.73. The summed E-state index contributed by atoms with van der Waals surface area (Å²) < 4.78 is 0. The number of carbonyl (C=O) groups is 2. The van der Waals surface area contributed by atoms with E-state index in [0.717, 1.165) is 0 Å². The molecule has 132 valence electrons. The van der Waals surface area contributed by atoms with Crippen LogP contribution in [0.3, 0.4) is 0 Å². The highest BCUT2D eigenvalue weighted by Gasteiger charge is 2.39. The van der Waals surface area contributed by atoms with Crippen LogP contribution >= 0.6 is 0 Å². The van der Waals surface area contributed by atoms with Gasteiger partial charge >= 0.3 is 0 Å². The van der Waals surface area contributed by atoms with Gasteiger partial charge in [0.25, 0.3) is 0 Å². The molecule has 1 rings (SSSR count). The first-order valence-electron chi connectivity index (χ1n) is 6.89. The van der Waals surface area contributed by atoms with E-state index in [1.165, 1.54) is 18.2 Å². The summed E-state index contributed by atoms with van der Waals surface area (Å²) in [6.07, 6.45) is 2.20. The first kappa shape index (κ1) is 21.2. The predicted molar refractivity (Wildman–Crippen MR) is 82.3 cm³/mol. The quantitative estimate of drug-likeness (QED) is 0.261. The molecule has 0 spiro atoms. The van der Waals surface area contributed by atoms with Gasteiger partial charge in [-0.2, -0.15) is 0 Å². The van der Waals surface area contributed by atoms with Crippen LogP contribution in [0.1, 0.15) is 12.8 Å². The summed E-state index contributed by atoms with van der Waals surface area (Å²) in [5.74, 6) is -1.20. The molecule has 0 radical (unpaired) electrons. The Morgan fingerprint density at radius 3 is 2.39 bits per heavy atom. The van der Waals surface area contributed by atoms with Crippen molar-refractivity contribution in [2.75, 3.05) is 19.8 Å². The van der Waals surface area contributed by atoms with E-state index in [1.807, 2.05) is 0 Å². The van der Waals surface area contributed by atoms with Gasteiger partial charge in [0.05, 0.1) is 30.8 Å². The number of primary amides is 1. The number of aliphatic hydroxyl groups is 4. The van der Waals surface area contributed by atoms with Crippen LogP contribution in [0.5, 0.6) is 0 Å². The van der Waals surface area contributed by atoms with Crippen molar-refractivity contribution in [2.24, 2.45) is 11.1 Å². The molecule has 0 fully saturated rings. The number of aliphatic hydroxyl groups excluding tert-OH is 4. The molecule has 9 nitrogen and oxygen atoms in total. The Bertz CT molecular complexity index is 479. The first-order valence-corrected chi connectivity index (χ1v) is 6.89. The fourth-order valence-electron chi connectivity index (χ4n) is 2.25. The largest absolute Gasteiger partial charge is 0.394 e. The molecule has 2 amide bonds. The van der Waals surface area contributed by atoms with Crippen LogP contribution in [0, 0.1) is 5.41 Å². The highest BCUT2D eigenvalue weighted by molar-refractivity contribution is 5.96. The van der Waals surface area contributed by atoms with Crippen molar-refractivity contribution in [1.29, 1.82) is 0 Å². The van der Waals surface area contributed by atoms with Crippen LogP contribution in [-0.2, 0) is 9.59 Å². The van der Waals surface area contributed by atoms with E-state index in [9.17, 15) is 19.8 Å². The molecular weight excluding hydrogens is 306 g/mol. The zero-order chi connectivity index (χ0) is 16.8. The van der Waals surface area contributed by atoms with Gasteiger partial charge in [-0.15, -0.1) is 0 Å². The molecule has 10 N–H and O–H groups in total. The molecule has 0 aromatic rings. The average molecular weight is 331 g/mol. The van der Waals surface area contributed by atoms with Crippen molar-refractivity contribution >= 4 is 11.8 Å². The summed E-state index contributed by atoms with van der Waals surface area (Å²) >= 11 is 0. The van der Waals surface area contributed by atoms with Crippen molar-refractivity contribution in [3.8, 4) is 0 Å². The topological polar surface area (TPSA) is 188 Å². The van der Waals surface area contributed by atoms with Crippen molar-refractivity contribution in [3.05, 3.63) is 23.8 Å². The lowest BCUT2D eigenvalue weighted by Crippen LogP contribution is -2.42. The molecule has 0 bridgehead atoms. The van der Waals surface area contributed by atoms with Gasteiger partial charge in [-0.25, -0.2) is 0 Å². The van der Waals surface area contributed by atoms with E-state index < -0.39 is 42.7 Å². The Kier molecular flexibility index (Phi) is 8.65. The Hall–Kier alpha value is -1.78. The number of carbonyl (C=O) groups excluding carboxylic acids is 2. The van der Waals surface area contributed by atoms with Crippen LogP contribution in [0.15, 0.2) is 23.8 Å². The van der Waals surface area contributed by atoms with Crippen molar-refractivity contribution in [3.63, 3.8) is 0 Å². The van der Waals surface area contributed by atoms with Crippen LogP contribution < -0.4 is 17.2 Å². The van der Waals surface area contributed by atoms with E-state index >= 15 is 0 Å². The number of hydrogen-bond donors (Lipinski definition) is 7. The Labute approximate surface area is 134 Å². The highest BCUT2D eigenvalue weighted by atomic mass is 16.3. The van der Waals surface area contributed by atoms with E-state index in [0.29, 0.717) is 0 Å². The van der Waals surface area contributed by atoms with Gasteiger partial charge in [-0.1, -0.05) is 18.2 Å². The highest BCUT2D eigenvalue weighted by Crippen LogP contribution is 2.36. The number of nitrogens with one attached hydrogen (secondary N) is 1. The second-order valence-corrected chi connectivity index (χ2v) is 5.34. The van der Waals surface area contributed by atoms with E-state index in [1.54, 1.807) is 0 Å². The monoisotopic (exact) mass is 331 g/mol. The molecular formula is C14H25N3O6. The second kappa shape index (κ2) is 9.38. The maximum atomic E-state index is 12.0. The molecule has 0 saturated heterocycles. The third-order valence-corrected chi connectivity index (χ3v) is 3.52. The number of hydrogen-bond acceptors (Lipinski definition) is 7. The van der Waals surface area contributed by atoms with E-state index in [4.69, 9.17) is 15.9 Å². The maximum absolute atomic E-state index is 12.0. The molecule has 3 unspecified atom stereocenters. The van der Waals surface area contributed by atoms with Crippen molar-refractivity contribution < 1.29 is 30.0 Å². The first-order chi connectivity index (χ1) is 10.3. The molecule has 3 atom stereocenters. The molecule has 1 aliphatic rings. The fourth-order valence-corrected chi connectivity index (χ4v) is 2.25. The lowest BCUT2D eigenvalue weighted by molar-refractivity contribution is -0.127. The summed E-state index contributed by atoms with van der Waals surface area (Å²) in [4.78, 5) is 23.8. The summed E-state index contributed by atoms with van der Waals surface area (Å²) in [5.41, 5.74) is 4.41. The molecule has 9 heteroatoms. The van der Waals surface area contributed by atoms with Crippen LogP contribution in [0.4, 0.5) is 0 Å². The average Bonchev–Trinajstić information content (AvgIpc) is 2.51. The minimum absolute atomic E-state index is 0. The second-order valence-electron chi connectivity index (χ2n) is 5.34. The Morgan fingerprint density at radius 1 is 1.26 bits per heavy atom. The number of nitrogens with two attached hydrogens (primary N) is 1. The lowest BCUT2D eigenvalue weighted by atomic mass is 9.73. The zero-order valence-corrected chi connectivity index (χ0v) is 12.8. The zero-order valence-electron chi connectivity index (χ0n) is 12.8. The molecule has 0 aliphatic heterocycles. The standard InChI is InChI=1S/C14H22N2O6.H3N/c15-13(22)14(5-10(19)7-17)3-1-2-9(4-14)12(21)16-6-11(20)8-18;/h1-3,10-11,17-20H,4-8H2,(H2,15,22)(H,16,21);1H3. The Morgan fingerprint density at radius 2 is 1.87 bits per heavy atom. The van der Waals surface area contributed by atoms with Gasteiger partial charge in [0.1, 0.15) is 0 Å². The van der Waals surface area contributed by atoms with E-state index in [-0.39, 0.29) is 31.1 Å².